The molecular formula is C57H35N5. The molecule has 0 bridgehead atoms. The van der Waals surface area contributed by atoms with Crippen LogP contribution in [0.5, 0.6) is 0 Å². The first-order valence-electron chi connectivity index (χ1n) is 21.0. The molecule has 288 valence electrons. The van der Waals surface area contributed by atoms with Crippen LogP contribution in [0, 0.1) is 0 Å². The monoisotopic (exact) mass is 789 g/mol. The van der Waals surface area contributed by atoms with Gasteiger partial charge >= 0.3 is 0 Å². The number of hydrogen-bond acceptors (Lipinski definition) is 3. The summed E-state index contributed by atoms with van der Waals surface area (Å²) in [5.41, 5.74) is 9.65. The van der Waals surface area contributed by atoms with Gasteiger partial charge in [-0.25, -0.2) is 4.98 Å². The van der Waals surface area contributed by atoms with Crippen molar-refractivity contribution in [3.05, 3.63) is 212 Å². The van der Waals surface area contributed by atoms with E-state index >= 15 is 0 Å². The Morgan fingerprint density at radius 1 is 0.290 bits per heavy atom. The molecule has 0 N–H and O–H groups in total. The van der Waals surface area contributed by atoms with Crippen LogP contribution in [-0.4, -0.2) is 24.1 Å². The lowest BCUT2D eigenvalue weighted by Crippen LogP contribution is -2.06. The minimum Gasteiger partial charge on any atom is -0.308 e. The molecule has 5 heteroatoms. The summed E-state index contributed by atoms with van der Waals surface area (Å²) >= 11 is 0. The third-order valence-electron chi connectivity index (χ3n) is 12.6. The van der Waals surface area contributed by atoms with Gasteiger partial charge in [-0.1, -0.05) is 182 Å². The zero-order chi connectivity index (χ0) is 40.7. The smallest absolute Gasteiger partial charge is 0.238 e. The minimum absolute atomic E-state index is 0.572. The molecule has 0 radical (unpaired) electrons. The molecule has 3 aromatic heterocycles. The number of nitrogens with zero attached hydrogens (tertiary/aromatic N) is 5. The SMILES string of the molecule is c1ccc(-c2nc(-c3ccccc3)nc(-n3c4ccccc4c4c3ccc3c5ccccc5n(-c5ccccc5-c5ccc6c7ccccc7c7ccccc7c6c5)c34)n2)cc1. The van der Waals surface area contributed by atoms with Gasteiger partial charge in [0.1, 0.15) is 0 Å². The van der Waals surface area contributed by atoms with E-state index in [4.69, 9.17) is 15.0 Å². The van der Waals surface area contributed by atoms with E-state index in [-0.39, 0.29) is 0 Å². The number of fused-ring (bicyclic) bond motifs is 13. The molecule has 0 unspecified atom stereocenters. The van der Waals surface area contributed by atoms with Crippen molar-refractivity contribution >= 4 is 75.9 Å². The van der Waals surface area contributed by atoms with Gasteiger partial charge < -0.3 is 4.57 Å². The summed E-state index contributed by atoms with van der Waals surface area (Å²) in [4.78, 5) is 15.5. The van der Waals surface area contributed by atoms with E-state index in [0.29, 0.717) is 17.6 Å². The fourth-order valence-electron chi connectivity index (χ4n) is 9.86. The Morgan fingerprint density at radius 3 is 1.42 bits per heavy atom. The highest BCUT2D eigenvalue weighted by Crippen LogP contribution is 2.44. The van der Waals surface area contributed by atoms with Crippen LogP contribution in [0.4, 0.5) is 0 Å². The van der Waals surface area contributed by atoms with Gasteiger partial charge in [0.2, 0.25) is 5.95 Å². The molecule has 13 rings (SSSR count). The van der Waals surface area contributed by atoms with Crippen molar-refractivity contribution in [1.82, 2.24) is 24.1 Å². The molecule has 0 aliphatic carbocycles. The Labute approximate surface area is 356 Å². The average molecular weight is 790 g/mol. The fraction of sp³-hybridized carbons (Fsp3) is 0. The summed E-state index contributed by atoms with van der Waals surface area (Å²) in [5, 5.41) is 12.2. The van der Waals surface area contributed by atoms with E-state index in [1.165, 1.54) is 48.7 Å². The number of rotatable bonds is 5. The summed E-state index contributed by atoms with van der Waals surface area (Å²) in [5.74, 6) is 1.82. The lowest BCUT2D eigenvalue weighted by atomic mass is 9.92. The highest BCUT2D eigenvalue weighted by atomic mass is 15.2. The molecule has 5 nitrogen and oxygen atoms in total. The number of benzene rings is 10. The summed E-state index contributed by atoms with van der Waals surface area (Å²) in [6.07, 6.45) is 0. The molecular weight excluding hydrogens is 755 g/mol. The highest BCUT2D eigenvalue weighted by Gasteiger charge is 2.24. The van der Waals surface area contributed by atoms with Gasteiger partial charge in [0.05, 0.1) is 27.8 Å². The van der Waals surface area contributed by atoms with E-state index in [9.17, 15) is 0 Å². The van der Waals surface area contributed by atoms with E-state index in [2.05, 4.69) is 185 Å². The van der Waals surface area contributed by atoms with E-state index < -0.39 is 0 Å². The predicted molar refractivity (Wildman–Crippen MR) is 257 cm³/mol. The average Bonchev–Trinajstić information content (AvgIpc) is 3.87. The van der Waals surface area contributed by atoms with Crippen LogP contribution < -0.4 is 0 Å². The molecule has 0 saturated carbocycles. The molecule has 10 aromatic carbocycles. The standard InChI is InChI=1S/C57H35N5/c1-3-17-36(18-4-1)55-58-56(37-19-5-2-6-20-37)60-57(59-55)62-51-30-16-13-27-47(51)53-52(62)34-33-46-45-26-12-15-29-50(45)61(54(46)53)49-28-14-11-21-39(49)38-31-32-44-42-24-8-7-22-40(42)41-23-9-10-25-43(41)48(44)35-38/h1-35H. The number of hydrogen-bond donors (Lipinski definition) is 0. The highest BCUT2D eigenvalue weighted by molar-refractivity contribution is 6.27. The molecule has 13 aromatic rings. The lowest BCUT2D eigenvalue weighted by Gasteiger charge is -2.16. The molecule has 0 atom stereocenters. The van der Waals surface area contributed by atoms with Gasteiger partial charge in [-0.2, -0.15) is 9.97 Å². The van der Waals surface area contributed by atoms with Crippen LogP contribution in [0.1, 0.15) is 0 Å². The third kappa shape index (κ3) is 5.12. The van der Waals surface area contributed by atoms with Crippen LogP contribution in [-0.2, 0) is 0 Å². The molecule has 3 heterocycles. The first-order chi connectivity index (χ1) is 30.8. The number of aromatic nitrogens is 5. The van der Waals surface area contributed by atoms with Crippen molar-refractivity contribution in [3.63, 3.8) is 0 Å². The fourth-order valence-corrected chi connectivity index (χ4v) is 9.86. The van der Waals surface area contributed by atoms with Crippen LogP contribution in [0.3, 0.4) is 0 Å². The first kappa shape index (κ1) is 34.5. The maximum atomic E-state index is 5.23. The molecule has 0 spiro atoms. The third-order valence-corrected chi connectivity index (χ3v) is 12.6. The van der Waals surface area contributed by atoms with Gasteiger partial charge in [0, 0.05) is 38.2 Å². The quantitative estimate of drug-likeness (QED) is 0.163. The Kier molecular flexibility index (Phi) is 7.54. The maximum absolute atomic E-state index is 5.23. The second-order valence-corrected chi connectivity index (χ2v) is 15.9. The van der Waals surface area contributed by atoms with Gasteiger partial charge in [0.15, 0.2) is 11.6 Å². The predicted octanol–water partition coefficient (Wildman–Crippen LogP) is 14.5. The largest absolute Gasteiger partial charge is 0.308 e. The summed E-state index contributed by atoms with van der Waals surface area (Å²) < 4.78 is 4.71. The Morgan fingerprint density at radius 2 is 0.774 bits per heavy atom. The molecule has 0 fully saturated rings. The lowest BCUT2D eigenvalue weighted by molar-refractivity contribution is 0.953. The van der Waals surface area contributed by atoms with Crippen LogP contribution in [0.25, 0.3) is 121 Å². The van der Waals surface area contributed by atoms with E-state index in [0.717, 1.165) is 55.2 Å². The Bertz CT molecular complexity index is 3830. The molecule has 0 saturated heterocycles. The van der Waals surface area contributed by atoms with Crippen LogP contribution in [0.2, 0.25) is 0 Å². The molecule has 0 aliphatic rings. The van der Waals surface area contributed by atoms with Gasteiger partial charge in [-0.3, -0.25) is 4.57 Å². The van der Waals surface area contributed by atoms with Crippen molar-refractivity contribution in [3.8, 4) is 45.5 Å². The number of para-hydroxylation sites is 3. The maximum Gasteiger partial charge on any atom is 0.238 e. The van der Waals surface area contributed by atoms with Crippen LogP contribution >= 0.6 is 0 Å². The normalized spacial score (nSPS) is 11.9. The first-order valence-corrected chi connectivity index (χ1v) is 21.0. The Hall–Kier alpha value is -8.41. The molecule has 0 amide bonds. The Balaban J connectivity index is 1.11. The van der Waals surface area contributed by atoms with Crippen molar-refractivity contribution in [1.29, 1.82) is 0 Å². The van der Waals surface area contributed by atoms with Gasteiger partial charge in [-0.05, 0) is 68.2 Å². The van der Waals surface area contributed by atoms with Crippen molar-refractivity contribution < 1.29 is 0 Å². The zero-order valence-corrected chi connectivity index (χ0v) is 33.4. The van der Waals surface area contributed by atoms with E-state index in [1.54, 1.807) is 0 Å². The minimum atomic E-state index is 0.572. The van der Waals surface area contributed by atoms with Crippen molar-refractivity contribution in [2.45, 2.75) is 0 Å². The van der Waals surface area contributed by atoms with E-state index in [1.807, 2.05) is 36.4 Å². The second kappa shape index (κ2) is 13.6. The summed E-state index contributed by atoms with van der Waals surface area (Å²) in [6.45, 7) is 0. The summed E-state index contributed by atoms with van der Waals surface area (Å²) in [6, 6.07) is 75.8. The molecule has 62 heavy (non-hydrogen) atoms. The zero-order valence-electron chi connectivity index (χ0n) is 33.4. The van der Waals surface area contributed by atoms with Crippen LogP contribution in [0.15, 0.2) is 212 Å². The topological polar surface area (TPSA) is 48.5 Å². The van der Waals surface area contributed by atoms with Crippen molar-refractivity contribution in [2.75, 3.05) is 0 Å². The van der Waals surface area contributed by atoms with Crippen molar-refractivity contribution in [2.24, 2.45) is 0 Å². The second-order valence-electron chi connectivity index (χ2n) is 15.9. The summed E-state index contributed by atoms with van der Waals surface area (Å²) in [7, 11) is 0. The molecule has 0 aliphatic heterocycles. The van der Waals surface area contributed by atoms with Gasteiger partial charge in [0.25, 0.3) is 0 Å². The van der Waals surface area contributed by atoms with Gasteiger partial charge in [-0.15, -0.1) is 0 Å².